The minimum absolute atomic E-state index is 0.119. The molecule has 1 amide bonds. The van der Waals surface area contributed by atoms with Gasteiger partial charge in [0, 0.05) is 30.1 Å². The molecule has 8 heteroatoms. The quantitative estimate of drug-likeness (QED) is 0.640. The van der Waals surface area contributed by atoms with Gasteiger partial charge in [0.25, 0.3) is 0 Å². The van der Waals surface area contributed by atoms with E-state index in [0.717, 1.165) is 54.0 Å². The van der Waals surface area contributed by atoms with E-state index in [2.05, 4.69) is 25.7 Å². The van der Waals surface area contributed by atoms with Crippen LogP contribution in [-0.4, -0.2) is 45.9 Å². The Hall–Kier alpha value is -2.87. The number of nitrogens with zero attached hydrogens (tertiary/aromatic N) is 3. The summed E-state index contributed by atoms with van der Waals surface area (Å²) in [6.07, 6.45) is 4.16. The lowest BCUT2D eigenvalue weighted by Crippen LogP contribution is -2.27. The summed E-state index contributed by atoms with van der Waals surface area (Å²) in [4.78, 5) is 20.3. The second-order valence-corrected chi connectivity index (χ2v) is 6.89. The molecule has 0 saturated carbocycles. The molecule has 0 unspecified atom stereocenters. The van der Waals surface area contributed by atoms with E-state index in [1.165, 1.54) is 0 Å². The van der Waals surface area contributed by atoms with Gasteiger partial charge < -0.3 is 15.0 Å². The maximum absolute atomic E-state index is 12.6. The van der Waals surface area contributed by atoms with Crippen LogP contribution in [0.3, 0.4) is 0 Å². The molecule has 1 saturated heterocycles. The van der Waals surface area contributed by atoms with Crippen LogP contribution in [0.5, 0.6) is 5.75 Å². The molecule has 0 atom stereocenters. The molecule has 0 aliphatic carbocycles. The number of anilines is 1. The Morgan fingerprint density at radius 2 is 2.19 bits per heavy atom. The molecular formula is C19H24N6O2. The highest BCUT2D eigenvalue weighted by atomic mass is 16.5. The Balaban J connectivity index is 1.47. The Morgan fingerprint density at radius 3 is 2.96 bits per heavy atom. The van der Waals surface area contributed by atoms with Crippen molar-refractivity contribution in [2.45, 2.75) is 25.2 Å². The fourth-order valence-electron chi connectivity index (χ4n) is 3.54. The third-order valence-electron chi connectivity index (χ3n) is 5.06. The van der Waals surface area contributed by atoms with Gasteiger partial charge in [-0.2, -0.15) is 10.1 Å². The van der Waals surface area contributed by atoms with Crippen LogP contribution < -0.4 is 15.4 Å². The van der Waals surface area contributed by atoms with Crippen LogP contribution in [-0.2, 0) is 18.3 Å². The van der Waals surface area contributed by atoms with Gasteiger partial charge in [0.2, 0.25) is 11.9 Å². The molecule has 27 heavy (non-hydrogen) atoms. The summed E-state index contributed by atoms with van der Waals surface area (Å²) < 4.78 is 6.93. The van der Waals surface area contributed by atoms with Crippen molar-refractivity contribution in [2.24, 2.45) is 7.05 Å². The molecular weight excluding hydrogens is 344 g/mol. The first-order chi connectivity index (χ1) is 13.1. The fourth-order valence-corrected chi connectivity index (χ4v) is 3.54. The number of carbonyl (C=O) groups is 1. The number of H-pyrrole nitrogens is 1. The van der Waals surface area contributed by atoms with Gasteiger partial charge in [0.1, 0.15) is 5.75 Å². The number of nitrogens with one attached hydrogen (secondary N) is 3. The van der Waals surface area contributed by atoms with Crippen molar-refractivity contribution in [1.29, 1.82) is 0 Å². The second-order valence-electron chi connectivity index (χ2n) is 6.89. The SMILES string of the molecule is COc1ccc2[nH]cc(CC(=O)Nc3nc(C4CCNCC4)nn3C)c2c1. The van der Waals surface area contributed by atoms with E-state index in [9.17, 15) is 4.79 Å². The lowest BCUT2D eigenvalue weighted by molar-refractivity contribution is -0.115. The highest BCUT2D eigenvalue weighted by Crippen LogP contribution is 2.25. The van der Waals surface area contributed by atoms with Crippen LogP contribution in [0.15, 0.2) is 24.4 Å². The van der Waals surface area contributed by atoms with E-state index in [4.69, 9.17) is 4.74 Å². The van der Waals surface area contributed by atoms with Crippen LogP contribution >= 0.6 is 0 Å². The second kappa shape index (κ2) is 7.40. The molecule has 8 nitrogen and oxygen atoms in total. The average Bonchev–Trinajstić information content (AvgIpc) is 3.26. The maximum Gasteiger partial charge on any atom is 0.231 e. The van der Waals surface area contributed by atoms with E-state index in [1.807, 2.05) is 31.4 Å². The van der Waals surface area contributed by atoms with E-state index in [0.29, 0.717) is 11.9 Å². The normalized spacial score (nSPS) is 15.2. The summed E-state index contributed by atoms with van der Waals surface area (Å²) in [5, 5.41) is 11.7. The molecule has 1 fully saturated rings. The highest BCUT2D eigenvalue weighted by molar-refractivity contribution is 5.95. The largest absolute Gasteiger partial charge is 0.497 e. The van der Waals surface area contributed by atoms with Gasteiger partial charge in [-0.1, -0.05) is 0 Å². The van der Waals surface area contributed by atoms with Crippen molar-refractivity contribution < 1.29 is 9.53 Å². The predicted molar refractivity (Wildman–Crippen MR) is 103 cm³/mol. The molecule has 1 aromatic carbocycles. The van der Waals surface area contributed by atoms with Gasteiger partial charge in [0.05, 0.1) is 13.5 Å². The van der Waals surface area contributed by atoms with Gasteiger partial charge in [-0.15, -0.1) is 0 Å². The Kier molecular flexibility index (Phi) is 4.81. The molecule has 4 rings (SSSR count). The standard InChI is InChI=1S/C19H24N6O2/c1-25-19(23-18(24-25)12-5-7-20-8-6-12)22-17(26)9-13-11-21-16-4-3-14(27-2)10-15(13)16/h3-4,10-12,20-21H,5-9H2,1-2H3,(H,22,23,24,26). The number of hydrogen-bond acceptors (Lipinski definition) is 5. The third kappa shape index (κ3) is 3.66. The number of rotatable bonds is 5. The van der Waals surface area contributed by atoms with E-state index in [1.54, 1.807) is 11.8 Å². The average molecular weight is 368 g/mol. The number of ether oxygens (including phenoxy) is 1. The predicted octanol–water partition coefficient (Wildman–Crippen LogP) is 1.95. The third-order valence-corrected chi connectivity index (χ3v) is 5.06. The van der Waals surface area contributed by atoms with Crippen molar-refractivity contribution in [3.8, 4) is 5.75 Å². The lowest BCUT2D eigenvalue weighted by atomic mass is 9.98. The molecule has 0 radical (unpaired) electrons. The van der Waals surface area contributed by atoms with Crippen LogP contribution in [0.1, 0.15) is 30.1 Å². The smallest absolute Gasteiger partial charge is 0.231 e. The first kappa shape index (κ1) is 17.5. The lowest BCUT2D eigenvalue weighted by Gasteiger charge is -2.19. The Bertz CT molecular complexity index is 954. The van der Waals surface area contributed by atoms with E-state index >= 15 is 0 Å². The number of aromatic amines is 1. The minimum Gasteiger partial charge on any atom is -0.497 e. The first-order valence-electron chi connectivity index (χ1n) is 9.19. The highest BCUT2D eigenvalue weighted by Gasteiger charge is 2.21. The van der Waals surface area contributed by atoms with E-state index in [-0.39, 0.29) is 12.3 Å². The number of hydrogen-bond donors (Lipinski definition) is 3. The van der Waals surface area contributed by atoms with Crippen LogP contribution in [0.2, 0.25) is 0 Å². The summed E-state index contributed by atoms with van der Waals surface area (Å²) in [6.45, 7) is 1.96. The van der Waals surface area contributed by atoms with Gasteiger partial charge in [-0.25, -0.2) is 4.68 Å². The zero-order valence-electron chi connectivity index (χ0n) is 15.6. The first-order valence-corrected chi connectivity index (χ1v) is 9.19. The zero-order valence-corrected chi connectivity index (χ0v) is 15.6. The molecule has 1 aliphatic rings. The number of aromatic nitrogens is 4. The van der Waals surface area contributed by atoms with E-state index < -0.39 is 0 Å². The summed E-state index contributed by atoms with van der Waals surface area (Å²) in [7, 11) is 3.44. The number of piperidine rings is 1. The molecule has 2 aromatic heterocycles. The molecule has 0 spiro atoms. The van der Waals surface area contributed by atoms with Crippen LogP contribution in [0.25, 0.3) is 10.9 Å². The van der Waals surface area contributed by atoms with Crippen molar-refractivity contribution in [3.63, 3.8) is 0 Å². The Labute approximate surface area is 157 Å². The van der Waals surface area contributed by atoms with Crippen molar-refractivity contribution in [1.82, 2.24) is 25.1 Å². The summed E-state index contributed by atoms with van der Waals surface area (Å²) in [6, 6.07) is 5.78. The van der Waals surface area contributed by atoms with Crippen LogP contribution in [0.4, 0.5) is 5.95 Å². The molecule has 3 heterocycles. The van der Waals surface area contributed by atoms with Crippen LogP contribution in [0, 0.1) is 0 Å². The van der Waals surface area contributed by atoms with Gasteiger partial charge in [-0.05, 0) is 49.7 Å². The molecule has 0 bridgehead atoms. The monoisotopic (exact) mass is 368 g/mol. The molecule has 142 valence electrons. The maximum atomic E-state index is 12.6. The van der Waals surface area contributed by atoms with Gasteiger partial charge >= 0.3 is 0 Å². The zero-order chi connectivity index (χ0) is 18.8. The Morgan fingerprint density at radius 1 is 1.37 bits per heavy atom. The number of aryl methyl sites for hydroxylation is 1. The molecule has 1 aliphatic heterocycles. The molecule has 3 aromatic rings. The fraction of sp³-hybridized carbons (Fsp3) is 0.421. The van der Waals surface area contributed by atoms with Gasteiger partial charge in [0.15, 0.2) is 5.82 Å². The summed E-state index contributed by atoms with van der Waals surface area (Å²) in [5.41, 5.74) is 1.90. The van der Waals surface area contributed by atoms with Gasteiger partial charge in [-0.3, -0.25) is 10.1 Å². The topological polar surface area (TPSA) is 96.9 Å². The summed E-state index contributed by atoms with van der Waals surface area (Å²) in [5.74, 6) is 2.30. The minimum atomic E-state index is -0.119. The molecule has 3 N–H and O–H groups in total. The van der Waals surface area contributed by atoms with Crippen molar-refractivity contribution in [3.05, 3.63) is 35.8 Å². The summed E-state index contributed by atoms with van der Waals surface area (Å²) >= 11 is 0. The van der Waals surface area contributed by atoms with Crippen molar-refractivity contribution >= 4 is 22.8 Å². The number of carbonyl (C=O) groups excluding carboxylic acids is 1. The van der Waals surface area contributed by atoms with Crippen molar-refractivity contribution in [2.75, 3.05) is 25.5 Å². The number of methoxy groups -OCH3 is 1. The number of fused-ring (bicyclic) bond motifs is 1. The number of amides is 1. The number of benzene rings is 1.